The van der Waals surface area contributed by atoms with Crippen molar-refractivity contribution in [2.75, 3.05) is 41.0 Å². The monoisotopic (exact) mass is 909 g/mol. The van der Waals surface area contributed by atoms with Crippen molar-refractivity contribution in [2.24, 2.45) is 0 Å². The fourth-order valence-electron chi connectivity index (χ4n) is 7.32. The molecular weight excluding hydrogens is 811 g/mol. The van der Waals surface area contributed by atoms with Crippen molar-refractivity contribution >= 4 is 17.9 Å². The molecular formula is C57H98NO7+. The first-order valence-corrected chi connectivity index (χ1v) is 26.1. The quantitative estimate of drug-likeness (QED) is 0.0281. The number of carboxylic acids is 1. The van der Waals surface area contributed by atoms with E-state index in [0.717, 1.165) is 70.6 Å². The first kappa shape index (κ1) is 61.5. The number of likely N-dealkylation sites (N-methyl/N-ethyl adjacent to an activating group) is 1. The minimum absolute atomic E-state index is 0.0353. The van der Waals surface area contributed by atoms with E-state index in [1.165, 1.54) is 96.3 Å². The SMILES string of the molecule is CC/C=C/C/C=C/C/C=C/C/C=C/C/C=C/C/C=C/C/C=C/CCCC(=O)OC(COCCC(C(=O)O)[N+](C)(C)C)COC(=O)CCCCCCCCCCCCCCCCCCCC. The molecule has 1 N–H and O–H groups in total. The number of nitrogens with zero attached hydrogens (tertiary/aromatic N) is 1. The Hall–Kier alpha value is -3.49. The zero-order valence-electron chi connectivity index (χ0n) is 42.4. The highest BCUT2D eigenvalue weighted by Crippen LogP contribution is 2.15. The lowest BCUT2D eigenvalue weighted by Gasteiger charge is -2.31. The number of carboxylic acid groups (broad SMARTS) is 1. The molecule has 0 rings (SSSR count). The third kappa shape index (κ3) is 45.5. The van der Waals surface area contributed by atoms with Crippen molar-refractivity contribution in [3.8, 4) is 0 Å². The van der Waals surface area contributed by atoms with Gasteiger partial charge in [0.1, 0.15) is 6.61 Å². The lowest BCUT2D eigenvalue weighted by atomic mass is 10.0. The Balaban J connectivity index is 4.36. The summed E-state index contributed by atoms with van der Waals surface area (Å²) in [5.41, 5.74) is 0. The maximum atomic E-state index is 12.8. The van der Waals surface area contributed by atoms with Gasteiger partial charge in [0.05, 0.1) is 34.4 Å². The average molecular weight is 909 g/mol. The average Bonchev–Trinajstić information content (AvgIpc) is 3.27. The van der Waals surface area contributed by atoms with Gasteiger partial charge in [-0.3, -0.25) is 9.59 Å². The number of carbonyl (C=O) groups is 3. The van der Waals surface area contributed by atoms with Crippen molar-refractivity contribution in [1.29, 1.82) is 0 Å². The molecule has 372 valence electrons. The number of aliphatic carboxylic acids is 1. The van der Waals surface area contributed by atoms with Crippen molar-refractivity contribution in [3.05, 3.63) is 85.1 Å². The van der Waals surface area contributed by atoms with Gasteiger partial charge >= 0.3 is 17.9 Å². The number of unbranched alkanes of at least 4 members (excludes halogenated alkanes) is 18. The number of carbonyl (C=O) groups excluding carboxylic acids is 2. The molecule has 0 aliphatic rings. The Labute approximate surface area is 399 Å². The molecule has 0 saturated carbocycles. The third-order valence-electron chi connectivity index (χ3n) is 11.3. The van der Waals surface area contributed by atoms with Crippen LogP contribution in [0.5, 0.6) is 0 Å². The predicted octanol–water partition coefficient (Wildman–Crippen LogP) is 15.3. The van der Waals surface area contributed by atoms with E-state index in [1.54, 1.807) is 0 Å². The van der Waals surface area contributed by atoms with Crippen LogP contribution >= 0.6 is 0 Å². The standard InChI is InChI=1S/C57H97NO7/c1-6-8-10-12-14-16-18-20-22-24-26-27-28-29-30-32-34-36-38-40-42-44-46-48-56(60)65-53(51-63-50-49-54(57(61)62)58(3,4)5)52-64-55(59)47-45-43-41-39-37-35-33-31-25-23-21-19-17-15-13-11-9-7-2/h8,10,14,16,20,22,26-27,29-30,34,36,40,42,53-54H,6-7,9,11-13,15,17-19,21,23-25,28,31-33,35,37-39,41,43-52H2,1-5H3/p+1/b10-8+,16-14+,22-20+,27-26+,30-29+,36-34+,42-40+. The van der Waals surface area contributed by atoms with Crippen LogP contribution in [0.25, 0.3) is 0 Å². The van der Waals surface area contributed by atoms with Crippen molar-refractivity contribution in [3.63, 3.8) is 0 Å². The normalized spacial score (nSPS) is 13.6. The Morgan fingerprint density at radius 1 is 0.477 bits per heavy atom. The van der Waals surface area contributed by atoms with Crippen molar-refractivity contribution in [1.82, 2.24) is 0 Å². The van der Waals surface area contributed by atoms with Gasteiger partial charge in [0.2, 0.25) is 0 Å². The van der Waals surface area contributed by atoms with Gasteiger partial charge in [-0.1, -0.05) is 208 Å². The van der Waals surface area contributed by atoms with Gasteiger partial charge in [0.15, 0.2) is 12.1 Å². The fourth-order valence-corrected chi connectivity index (χ4v) is 7.32. The van der Waals surface area contributed by atoms with Crippen LogP contribution in [0.1, 0.15) is 206 Å². The minimum Gasteiger partial charge on any atom is -0.477 e. The summed E-state index contributed by atoms with van der Waals surface area (Å²) in [6, 6.07) is -0.629. The van der Waals surface area contributed by atoms with Gasteiger partial charge in [0.25, 0.3) is 0 Å². The van der Waals surface area contributed by atoms with E-state index in [9.17, 15) is 19.5 Å². The summed E-state index contributed by atoms with van der Waals surface area (Å²) in [6.07, 6.45) is 62.1. The number of hydrogen-bond donors (Lipinski definition) is 1. The Kier molecular flexibility index (Phi) is 44.5. The van der Waals surface area contributed by atoms with E-state index in [0.29, 0.717) is 19.3 Å². The summed E-state index contributed by atoms with van der Waals surface area (Å²) in [5, 5.41) is 9.66. The first-order chi connectivity index (χ1) is 31.6. The van der Waals surface area contributed by atoms with Gasteiger partial charge < -0.3 is 23.8 Å². The number of quaternary nitrogens is 1. The van der Waals surface area contributed by atoms with Gasteiger partial charge in [0, 0.05) is 19.3 Å². The summed E-state index contributed by atoms with van der Waals surface area (Å²) in [6.45, 7) is 4.58. The third-order valence-corrected chi connectivity index (χ3v) is 11.3. The van der Waals surface area contributed by atoms with Gasteiger partial charge in [-0.15, -0.1) is 0 Å². The largest absolute Gasteiger partial charge is 0.477 e. The summed E-state index contributed by atoms with van der Waals surface area (Å²) in [5.74, 6) is -1.54. The predicted molar refractivity (Wildman–Crippen MR) is 275 cm³/mol. The van der Waals surface area contributed by atoms with Crippen molar-refractivity contribution < 1.29 is 38.2 Å². The molecule has 8 heteroatoms. The smallest absolute Gasteiger partial charge is 0.362 e. The molecule has 0 aromatic heterocycles. The molecule has 0 aliphatic carbocycles. The number of hydrogen-bond acceptors (Lipinski definition) is 6. The second kappa shape index (κ2) is 47.0. The molecule has 2 atom stereocenters. The van der Waals surface area contributed by atoms with Crippen molar-refractivity contribution in [2.45, 2.75) is 219 Å². The fraction of sp³-hybridized carbons (Fsp3) is 0.702. The molecule has 0 heterocycles. The first-order valence-electron chi connectivity index (χ1n) is 26.1. The second-order valence-corrected chi connectivity index (χ2v) is 18.4. The Morgan fingerprint density at radius 2 is 0.862 bits per heavy atom. The van der Waals surface area contributed by atoms with E-state index in [2.05, 4.69) is 98.9 Å². The number of rotatable bonds is 46. The molecule has 0 saturated heterocycles. The zero-order chi connectivity index (χ0) is 47.7. The molecule has 0 fully saturated rings. The molecule has 0 radical (unpaired) electrons. The Bertz CT molecular complexity index is 1330. The molecule has 0 spiro atoms. The molecule has 8 nitrogen and oxygen atoms in total. The molecule has 0 aromatic carbocycles. The molecule has 0 bridgehead atoms. The highest BCUT2D eigenvalue weighted by molar-refractivity contribution is 5.72. The Morgan fingerprint density at radius 3 is 1.26 bits per heavy atom. The topological polar surface area (TPSA) is 99.1 Å². The van der Waals surface area contributed by atoms with E-state index < -0.39 is 18.1 Å². The molecule has 0 aliphatic heterocycles. The molecule has 2 unspecified atom stereocenters. The highest BCUT2D eigenvalue weighted by Gasteiger charge is 2.31. The van der Waals surface area contributed by atoms with Crippen LogP contribution in [-0.2, 0) is 28.6 Å². The summed E-state index contributed by atoms with van der Waals surface area (Å²) in [4.78, 5) is 37.2. The van der Waals surface area contributed by atoms with Crippen LogP contribution in [0.15, 0.2) is 85.1 Å². The summed E-state index contributed by atoms with van der Waals surface area (Å²) < 4.78 is 17.3. The molecule has 0 amide bonds. The van der Waals surface area contributed by atoms with E-state index in [1.807, 2.05) is 21.1 Å². The van der Waals surface area contributed by atoms with Crippen LogP contribution in [0.4, 0.5) is 0 Å². The second-order valence-electron chi connectivity index (χ2n) is 18.4. The minimum atomic E-state index is -0.885. The van der Waals surface area contributed by atoms with E-state index in [-0.39, 0.29) is 42.7 Å². The van der Waals surface area contributed by atoms with Crippen LogP contribution < -0.4 is 0 Å². The van der Waals surface area contributed by atoms with E-state index in [4.69, 9.17) is 14.2 Å². The number of ether oxygens (including phenoxy) is 3. The highest BCUT2D eigenvalue weighted by atomic mass is 16.6. The molecule has 0 aromatic rings. The summed E-state index contributed by atoms with van der Waals surface area (Å²) in [7, 11) is 5.51. The van der Waals surface area contributed by atoms with E-state index >= 15 is 0 Å². The van der Waals surface area contributed by atoms with Gasteiger partial charge in [-0.25, -0.2) is 4.79 Å². The number of esters is 2. The van der Waals surface area contributed by atoms with Crippen LogP contribution in [-0.4, -0.2) is 80.6 Å². The molecule has 65 heavy (non-hydrogen) atoms. The van der Waals surface area contributed by atoms with Gasteiger partial charge in [-0.05, 0) is 64.2 Å². The maximum Gasteiger partial charge on any atom is 0.362 e. The van der Waals surface area contributed by atoms with Crippen LogP contribution in [0, 0.1) is 0 Å². The van der Waals surface area contributed by atoms with Crippen LogP contribution in [0.2, 0.25) is 0 Å². The lowest BCUT2D eigenvalue weighted by molar-refractivity contribution is -0.887. The zero-order valence-corrected chi connectivity index (χ0v) is 42.4. The lowest BCUT2D eigenvalue weighted by Crippen LogP contribution is -2.50. The number of allylic oxidation sites excluding steroid dienone is 14. The van der Waals surface area contributed by atoms with Gasteiger partial charge in [-0.2, -0.15) is 0 Å². The summed E-state index contributed by atoms with van der Waals surface area (Å²) >= 11 is 0. The van der Waals surface area contributed by atoms with Crippen LogP contribution in [0.3, 0.4) is 0 Å². The maximum absolute atomic E-state index is 12.8.